The lowest BCUT2D eigenvalue weighted by molar-refractivity contribution is 0.144. The lowest BCUT2D eigenvalue weighted by Gasteiger charge is -2.36. The summed E-state index contributed by atoms with van der Waals surface area (Å²) in [5.41, 5.74) is 7.31. The molecule has 1 aliphatic heterocycles. The summed E-state index contributed by atoms with van der Waals surface area (Å²) in [6, 6.07) is 7.76. The molecule has 0 bridgehead atoms. The Morgan fingerprint density at radius 1 is 1.38 bits per heavy atom. The first-order valence-electron chi connectivity index (χ1n) is 8.43. The van der Waals surface area contributed by atoms with Crippen molar-refractivity contribution < 1.29 is 4.74 Å². The average Bonchev–Trinajstić information content (AvgIpc) is 3.03. The van der Waals surface area contributed by atoms with Gasteiger partial charge in [0, 0.05) is 36.1 Å². The molecule has 0 radical (unpaired) electrons. The minimum Gasteiger partial charge on any atom is -0.486 e. The molecule has 0 saturated carbocycles. The van der Waals surface area contributed by atoms with Crippen LogP contribution in [0.1, 0.15) is 30.5 Å². The van der Waals surface area contributed by atoms with Crippen molar-refractivity contribution in [3.63, 3.8) is 0 Å². The van der Waals surface area contributed by atoms with Gasteiger partial charge in [-0.1, -0.05) is 24.9 Å². The highest BCUT2D eigenvalue weighted by atomic mass is 35.5. The summed E-state index contributed by atoms with van der Waals surface area (Å²) in [6.07, 6.45) is 2.23. The van der Waals surface area contributed by atoms with Crippen LogP contribution in [0.5, 0.6) is 5.75 Å². The summed E-state index contributed by atoms with van der Waals surface area (Å²) >= 11 is 7.53. The van der Waals surface area contributed by atoms with E-state index < -0.39 is 0 Å². The average molecular weight is 366 g/mol. The van der Waals surface area contributed by atoms with Crippen LogP contribution in [0.3, 0.4) is 0 Å². The fraction of sp³-hybridized carbons (Fsp3) is 0.500. The third-order valence-electron chi connectivity index (χ3n) is 4.56. The lowest BCUT2D eigenvalue weighted by Crippen LogP contribution is -2.46. The number of nitrogens with two attached hydrogens (primary N) is 1. The number of piperidine rings is 1. The van der Waals surface area contributed by atoms with E-state index in [-0.39, 0.29) is 0 Å². The van der Waals surface area contributed by atoms with Crippen LogP contribution in [0, 0.1) is 5.92 Å². The van der Waals surface area contributed by atoms with E-state index in [1.165, 1.54) is 0 Å². The van der Waals surface area contributed by atoms with Crippen molar-refractivity contribution in [2.45, 2.75) is 39.0 Å². The first-order chi connectivity index (χ1) is 11.6. The Morgan fingerprint density at radius 2 is 2.17 bits per heavy atom. The van der Waals surface area contributed by atoms with Gasteiger partial charge >= 0.3 is 0 Å². The van der Waals surface area contributed by atoms with Gasteiger partial charge in [0.05, 0.1) is 5.69 Å². The van der Waals surface area contributed by atoms with E-state index in [1.54, 1.807) is 11.3 Å². The first-order valence-corrected chi connectivity index (χ1v) is 9.69. The summed E-state index contributed by atoms with van der Waals surface area (Å²) in [4.78, 5) is 7.17. The molecule has 1 saturated heterocycles. The molecule has 2 N–H and O–H groups in total. The number of likely N-dealkylation sites (tertiary alicyclic amines) is 1. The van der Waals surface area contributed by atoms with Gasteiger partial charge < -0.3 is 10.5 Å². The van der Waals surface area contributed by atoms with Crippen molar-refractivity contribution in [3.8, 4) is 5.75 Å². The number of thiazole rings is 1. The van der Waals surface area contributed by atoms with Gasteiger partial charge in [0.1, 0.15) is 17.4 Å². The van der Waals surface area contributed by atoms with E-state index in [1.807, 2.05) is 24.3 Å². The molecule has 1 aromatic heterocycles. The van der Waals surface area contributed by atoms with Crippen molar-refractivity contribution in [3.05, 3.63) is 45.4 Å². The van der Waals surface area contributed by atoms with E-state index in [9.17, 15) is 0 Å². The maximum Gasteiger partial charge on any atom is 0.140 e. The minimum absolute atomic E-state index is 0.352. The molecule has 3 rings (SSSR count). The van der Waals surface area contributed by atoms with Gasteiger partial charge in [-0.2, -0.15) is 0 Å². The van der Waals surface area contributed by atoms with Crippen LogP contribution in [-0.2, 0) is 13.2 Å². The van der Waals surface area contributed by atoms with Crippen LogP contribution in [0.2, 0.25) is 5.02 Å². The zero-order valence-corrected chi connectivity index (χ0v) is 15.5. The van der Waals surface area contributed by atoms with Gasteiger partial charge in [0.25, 0.3) is 0 Å². The van der Waals surface area contributed by atoms with Crippen molar-refractivity contribution in [1.82, 2.24) is 9.88 Å². The zero-order valence-electron chi connectivity index (χ0n) is 14.0. The Balaban J connectivity index is 1.51. The van der Waals surface area contributed by atoms with Crippen LogP contribution >= 0.6 is 22.9 Å². The van der Waals surface area contributed by atoms with Gasteiger partial charge in [0.2, 0.25) is 0 Å². The van der Waals surface area contributed by atoms with Gasteiger partial charge in [-0.3, -0.25) is 4.90 Å². The number of benzene rings is 1. The highest BCUT2D eigenvalue weighted by molar-refractivity contribution is 7.09. The molecule has 0 aliphatic carbocycles. The fourth-order valence-electron chi connectivity index (χ4n) is 3.09. The summed E-state index contributed by atoms with van der Waals surface area (Å²) in [7, 11) is 0. The van der Waals surface area contributed by atoms with Gasteiger partial charge in [-0.15, -0.1) is 11.3 Å². The third-order valence-corrected chi connectivity index (χ3v) is 5.69. The number of hydrogen-bond donors (Lipinski definition) is 1. The van der Waals surface area contributed by atoms with E-state index in [0.29, 0.717) is 23.6 Å². The molecule has 4 nitrogen and oxygen atoms in total. The number of aromatic nitrogens is 1. The Kier molecular flexibility index (Phi) is 6.11. The van der Waals surface area contributed by atoms with E-state index in [0.717, 1.165) is 48.9 Å². The summed E-state index contributed by atoms with van der Waals surface area (Å²) in [5, 5.41) is 3.85. The van der Waals surface area contributed by atoms with Crippen LogP contribution < -0.4 is 10.5 Å². The van der Waals surface area contributed by atoms with E-state index in [2.05, 4.69) is 17.2 Å². The molecular formula is C18H24ClN3OS. The maximum atomic E-state index is 6.19. The van der Waals surface area contributed by atoms with Crippen LogP contribution in [-0.4, -0.2) is 29.0 Å². The highest BCUT2D eigenvalue weighted by Crippen LogP contribution is 2.22. The molecule has 0 amide bonds. The van der Waals surface area contributed by atoms with Crippen molar-refractivity contribution in [2.24, 2.45) is 11.7 Å². The van der Waals surface area contributed by atoms with E-state index in [4.69, 9.17) is 27.1 Å². The first kappa shape index (κ1) is 17.7. The van der Waals surface area contributed by atoms with Gasteiger partial charge in [-0.05, 0) is 36.6 Å². The normalized spacial score (nSPS) is 21.8. The largest absolute Gasteiger partial charge is 0.486 e. The topological polar surface area (TPSA) is 51.4 Å². The molecule has 1 fully saturated rings. The Bertz CT molecular complexity index is 646. The third kappa shape index (κ3) is 4.70. The van der Waals surface area contributed by atoms with E-state index >= 15 is 0 Å². The molecular weight excluding hydrogens is 342 g/mol. The second-order valence-electron chi connectivity index (χ2n) is 6.33. The number of ether oxygens (including phenoxy) is 1. The molecule has 1 aliphatic rings. The Labute approximate surface area is 152 Å². The SMILES string of the molecule is CC[C@@H]1CN(Cc2csc(COc3ccc(Cl)cc3)n2)CC[C@@H]1N. The zero-order chi connectivity index (χ0) is 16.9. The Hall–Kier alpha value is -1.14. The second-order valence-corrected chi connectivity index (χ2v) is 7.71. The lowest BCUT2D eigenvalue weighted by atomic mass is 9.91. The molecule has 24 heavy (non-hydrogen) atoms. The van der Waals surface area contributed by atoms with Crippen molar-refractivity contribution in [1.29, 1.82) is 0 Å². The van der Waals surface area contributed by atoms with Crippen LogP contribution in [0.25, 0.3) is 0 Å². The fourth-order valence-corrected chi connectivity index (χ4v) is 3.92. The standard InChI is InChI=1S/C18H24ClN3OS/c1-2-13-9-22(8-7-17(13)20)10-15-12-24-18(21-15)11-23-16-5-3-14(19)4-6-16/h3-6,12-13,17H,2,7-11,20H2,1H3/t13-,17+/m1/s1. The van der Waals surface area contributed by atoms with Gasteiger partial charge in [0.15, 0.2) is 0 Å². The Morgan fingerprint density at radius 3 is 2.92 bits per heavy atom. The molecule has 6 heteroatoms. The minimum atomic E-state index is 0.352. The van der Waals surface area contributed by atoms with Crippen LogP contribution in [0.4, 0.5) is 0 Å². The quantitative estimate of drug-likeness (QED) is 0.842. The monoisotopic (exact) mass is 365 g/mol. The molecule has 0 unspecified atom stereocenters. The van der Waals surface area contributed by atoms with Crippen LogP contribution in [0.15, 0.2) is 29.6 Å². The summed E-state index contributed by atoms with van der Waals surface area (Å²) in [6.45, 7) is 5.76. The number of nitrogens with zero attached hydrogens (tertiary/aromatic N) is 2. The molecule has 2 heterocycles. The molecule has 0 spiro atoms. The van der Waals surface area contributed by atoms with Gasteiger partial charge in [-0.25, -0.2) is 4.98 Å². The van der Waals surface area contributed by atoms with Crippen molar-refractivity contribution in [2.75, 3.05) is 13.1 Å². The number of hydrogen-bond acceptors (Lipinski definition) is 5. The molecule has 1 aromatic carbocycles. The second kappa shape index (κ2) is 8.30. The van der Waals surface area contributed by atoms with Crippen molar-refractivity contribution >= 4 is 22.9 Å². The smallest absolute Gasteiger partial charge is 0.140 e. The number of rotatable bonds is 6. The molecule has 2 aromatic rings. The predicted octanol–water partition coefficient (Wildman–Crippen LogP) is 3.93. The molecule has 130 valence electrons. The highest BCUT2D eigenvalue weighted by Gasteiger charge is 2.25. The maximum absolute atomic E-state index is 6.19. The summed E-state index contributed by atoms with van der Waals surface area (Å²) < 4.78 is 5.76. The summed E-state index contributed by atoms with van der Waals surface area (Å²) in [5.74, 6) is 1.41. The number of halogens is 1. The molecule has 2 atom stereocenters. The predicted molar refractivity (Wildman–Crippen MR) is 99.5 cm³/mol.